The first-order valence-corrected chi connectivity index (χ1v) is 11.1. The quantitative estimate of drug-likeness (QED) is 0.309. The molecule has 0 aliphatic carbocycles. The second kappa shape index (κ2) is 10.2. The monoisotopic (exact) mass is 507 g/mol. The molecule has 0 unspecified atom stereocenters. The average molecular weight is 509 g/mol. The highest BCUT2D eigenvalue weighted by Crippen LogP contribution is 2.39. The minimum absolute atomic E-state index is 0.197. The Balaban J connectivity index is 1.87. The van der Waals surface area contributed by atoms with Crippen LogP contribution >= 0.6 is 39.3 Å². The molecule has 2 aromatic carbocycles. The molecule has 8 heteroatoms. The van der Waals surface area contributed by atoms with Crippen LogP contribution in [0.15, 0.2) is 58.4 Å². The van der Waals surface area contributed by atoms with Gasteiger partial charge in [-0.15, -0.1) is 0 Å². The molecule has 5 nitrogen and oxygen atoms in total. The Kier molecular flexibility index (Phi) is 7.64. The fourth-order valence-corrected chi connectivity index (χ4v) is 4.32. The SMILES string of the molecule is C=CCOc1c(Cl)cc(/C=C2\SC(=O)N(Cc3ccccc3Br)C2=O)cc1OCC. The number of rotatable bonds is 8. The molecule has 1 aliphatic heterocycles. The van der Waals surface area contributed by atoms with Crippen LogP contribution < -0.4 is 9.47 Å². The van der Waals surface area contributed by atoms with E-state index in [4.69, 9.17) is 21.1 Å². The molecule has 1 fully saturated rings. The number of ether oxygens (including phenoxy) is 2. The van der Waals surface area contributed by atoms with E-state index < -0.39 is 0 Å². The third-order valence-electron chi connectivity index (χ3n) is 4.13. The van der Waals surface area contributed by atoms with Crippen LogP contribution in [-0.2, 0) is 11.3 Å². The molecule has 0 N–H and O–H groups in total. The van der Waals surface area contributed by atoms with Gasteiger partial charge < -0.3 is 9.47 Å². The Hall–Kier alpha value is -2.22. The molecule has 2 aromatic rings. The van der Waals surface area contributed by atoms with Crippen molar-refractivity contribution in [1.82, 2.24) is 4.90 Å². The lowest BCUT2D eigenvalue weighted by Crippen LogP contribution is -2.27. The van der Waals surface area contributed by atoms with Gasteiger partial charge in [0, 0.05) is 4.47 Å². The lowest BCUT2D eigenvalue weighted by Gasteiger charge is -2.14. The highest BCUT2D eigenvalue weighted by atomic mass is 79.9. The van der Waals surface area contributed by atoms with E-state index >= 15 is 0 Å². The Bertz CT molecular complexity index is 1020. The van der Waals surface area contributed by atoms with Crippen molar-refractivity contribution in [3.63, 3.8) is 0 Å². The topological polar surface area (TPSA) is 55.8 Å². The Morgan fingerprint density at radius 2 is 2.00 bits per heavy atom. The minimum atomic E-state index is -0.346. The molecule has 156 valence electrons. The lowest BCUT2D eigenvalue weighted by molar-refractivity contribution is -0.123. The summed E-state index contributed by atoms with van der Waals surface area (Å²) in [6.45, 7) is 6.38. The second-order valence-electron chi connectivity index (χ2n) is 6.22. The van der Waals surface area contributed by atoms with Crippen LogP contribution in [0.3, 0.4) is 0 Å². The fraction of sp³-hybridized carbons (Fsp3) is 0.182. The number of carbonyl (C=O) groups excluding carboxylic acids is 2. The van der Waals surface area contributed by atoms with E-state index in [0.717, 1.165) is 21.8 Å². The zero-order valence-corrected chi connectivity index (χ0v) is 19.4. The van der Waals surface area contributed by atoms with Crippen molar-refractivity contribution >= 4 is 56.5 Å². The summed E-state index contributed by atoms with van der Waals surface area (Å²) in [5.74, 6) is 0.532. The number of benzene rings is 2. The molecule has 0 aromatic heterocycles. The van der Waals surface area contributed by atoms with Gasteiger partial charge in [0.1, 0.15) is 6.61 Å². The van der Waals surface area contributed by atoms with Crippen molar-refractivity contribution in [3.05, 3.63) is 74.6 Å². The van der Waals surface area contributed by atoms with Crippen molar-refractivity contribution in [3.8, 4) is 11.5 Å². The predicted octanol–water partition coefficient (Wildman–Crippen LogP) is 6.30. The van der Waals surface area contributed by atoms with Crippen molar-refractivity contribution in [2.75, 3.05) is 13.2 Å². The lowest BCUT2D eigenvalue weighted by atomic mass is 10.1. The number of imide groups is 1. The summed E-state index contributed by atoms with van der Waals surface area (Å²) in [5, 5.41) is 0.0329. The molecule has 3 rings (SSSR count). The number of hydrogen-bond acceptors (Lipinski definition) is 5. The van der Waals surface area contributed by atoms with Crippen LogP contribution in [0.2, 0.25) is 5.02 Å². The van der Waals surface area contributed by atoms with E-state index in [0.29, 0.717) is 33.6 Å². The molecule has 1 aliphatic rings. The third kappa shape index (κ3) is 5.09. The molecule has 0 atom stereocenters. The molecule has 1 saturated heterocycles. The summed E-state index contributed by atoms with van der Waals surface area (Å²) in [4.78, 5) is 26.8. The van der Waals surface area contributed by atoms with E-state index in [9.17, 15) is 9.59 Å². The van der Waals surface area contributed by atoms with Gasteiger partial charge in [0.15, 0.2) is 11.5 Å². The summed E-state index contributed by atoms with van der Waals surface area (Å²) in [6.07, 6.45) is 3.25. The summed E-state index contributed by atoms with van der Waals surface area (Å²) >= 11 is 10.7. The van der Waals surface area contributed by atoms with Crippen molar-refractivity contribution < 1.29 is 19.1 Å². The Morgan fingerprint density at radius 1 is 1.23 bits per heavy atom. The zero-order chi connectivity index (χ0) is 21.7. The van der Waals surface area contributed by atoms with Gasteiger partial charge in [-0.1, -0.05) is 58.4 Å². The molecule has 1 heterocycles. The van der Waals surface area contributed by atoms with Gasteiger partial charge in [0.2, 0.25) is 0 Å². The molecule has 0 radical (unpaired) electrons. The van der Waals surface area contributed by atoms with Crippen LogP contribution in [-0.4, -0.2) is 29.3 Å². The van der Waals surface area contributed by atoms with Gasteiger partial charge in [0.05, 0.1) is 23.1 Å². The third-order valence-corrected chi connectivity index (χ3v) is 6.10. The van der Waals surface area contributed by atoms with Gasteiger partial charge in [-0.05, 0) is 54.1 Å². The van der Waals surface area contributed by atoms with Crippen LogP contribution in [0.4, 0.5) is 4.79 Å². The standard InChI is InChI=1S/C22H19BrClNO4S/c1-3-9-29-20-17(24)10-14(11-18(20)28-4-2)12-19-21(26)25(22(27)30-19)13-15-7-5-6-8-16(15)23/h3,5-8,10-12H,1,4,9,13H2,2H3/b19-12-. The zero-order valence-electron chi connectivity index (χ0n) is 16.2. The highest BCUT2D eigenvalue weighted by Gasteiger charge is 2.35. The van der Waals surface area contributed by atoms with E-state index in [1.165, 1.54) is 4.90 Å². The second-order valence-corrected chi connectivity index (χ2v) is 8.48. The largest absolute Gasteiger partial charge is 0.490 e. The Morgan fingerprint density at radius 3 is 2.70 bits per heavy atom. The van der Waals surface area contributed by atoms with Crippen LogP contribution in [0, 0.1) is 0 Å². The summed E-state index contributed by atoms with van der Waals surface area (Å²) < 4.78 is 12.1. The predicted molar refractivity (Wildman–Crippen MR) is 124 cm³/mol. The van der Waals surface area contributed by atoms with Crippen LogP contribution in [0.5, 0.6) is 11.5 Å². The number of thioether (sulfide) groups is 1. The maximum Gasteiger partial charge on any atom is 0.293 e. The molecular formula is C22H19BrClNO4S. The summed E-state index contributed by atoms with van der Waals surface area (Å²) in [6, 6.07) is 10.9. The number of halogens is 2. The molecular weight excluding hydrogens is 490 g/mol. The number of carbonyl (C=O) groups is 2. The maximum atomic E-state index is 12.8. The van der Waals surface area contributed by atoms with Crippen LogP contribution in [0.25, 0.3) is 6.08 Å². The molecule has 0 bridgehead atoms. The Labute approximate surface area is 192 Å². The smallest absolute Gasteiger partial charge is 0.293 e. The van der Waals surface area contributed by atoms with E-state index in [2.05, 4.69) is 22.5 Å². The fourth-order valence-electron chi connectivity index (χ4n) is 2.80. The van der Waals surface area contributed by atoms with Crippen molar-refractivity contribution in [2.24, 2.45) is 0 Å². The van der Waals surface area contributed by atoms with E-state index in [-0.39, 0.29) is 24.3 Å². The molecule has 0 spiro atoms. The number of amides is 2. The summed E-state index contributed by atoms with van der Waals surface area (Å²) in [5.41, 5.74) is 1.49. The van der Waals surface area contributed by atoms with E-state index in [1.54, 1.807) is 24.3 Å². The number of hydrogen-bond donors (Lipinski definition) is 0. The molecule has 0 saturated carbocycles. The van der Waals surface area contributed by atoms with Gasteiger partial charge in [-0.2, -0.15) is 0 Å². The van der Waals surface area contributed by atoms with Gasteiger partial charge in [0.25, 0.3) is 11.1 Å². The first kappa shape index (κ1) is 22.5. The first-order chi connectivity index (χ1) is 14.4. The summed E-state index contributed by atoms with van der Waals surface area (Å²) in [7, 11) is 0. The van der Waals surface area contributed by atoms with Crippen molar-refractivity contribution in [1.29, 1.82) is 0 Å². The average Bonchev–Trinajstić information content (AvgIpc) is 2.96. The highest BCUT2D eigenvalue weighted by molar-refractivity contribution is 9.10. The van der Waals surface area contributed by atoms with Gasteiger partial charge >= 0.3 is 0 Å². The maximum absolute atomic E-state index is 12.8. The van der Waals surface area contributed by atoms with Crippen LogP contribution in [0.1, 0.15) is 18.1 Å². The minimum Gasteiger partial charge on any atom is -0.490 e. The first-order valence-electron chi connectivity index (χ1n) is 9.13. The molecule has 2 amide bonds. The normalized spacial score (nSPS) is 15.0. The van der Waals surface area contributed by atoms with E-state index in [1.807, 2.05) is 31.2 Å². The number of nitrogens with zero attached hydrogens (tertiary/aromatic N) is 1. The van der Waals surface area contributed by atoms with Gasteiger partial charge in [-0.25, -0.2) is 0 Å². The van der Waals surface area contributed by atoms with Gasteiger partial charge in [-0.3, -0.25) is 14.5 Å². The van der Waals surface area contributed by atoms with Crippen molar-refractivity contribution in [2.45, 2.75) is 13.5 Å². The molecule has 30 heavy (non-hydrogen) atoms.